The quantitative estimate of drug-likeness (QED) is 0.275. The molecule has 0 saturated carbocycles. The Hall–Kier alpha value is -1.06. The summed E-state index contributed by atoms with van der Waals surface area (Å²) in [5.74, 6) is -0.502. The molecular weight excluding hydrogens is 96.0 g/mol. The highest BCUT2D eigenvalue weighted by Gasteiger charge is 1.84. The van der Waals surface area contributed by atoms with Gasteiger partial charge in [0.15, 0.2) is 0 Å². The molecule has 0 spiro atoms. The number of hydrogen-bond acceptors (Lipinski definition) is 3. The summed E-state index contributed by atoms with van der Waals surface area (Å²) >= 11 is 0. The first-order chi connectivity index (χ1) is 3.27. The monoisotopic (exact) mass is 102 g/mol. The van der Waals surface area contributed by atoms with Gasteiger partial charge in [-0.15, -0.1) is 5.16 Å². The smallest absolute Gasteiger partial charge is 0.222 e. The molecule has 0 bridgehead atoms. The molecule has 3 N–H and O–H groups in total. The average molecular weight is 102 g/mol. The van der Waals surface area contributed by atoms with E-state index in [2.05, 4.69) is 10.9 Å². The van der Waals surface area contributed by atoms with Crippen molar-refractivity contribution >= 4 is 12.1 Å². The molecular formula is C3H6N2O2. The SMILES string of the molecule is NC(=O)CC=NO. The molecule has 0 aromatic heterocycles. The van der Waals surface area contributed by atoms with Crippen molar-refractivity contribution in [1.82, 2.24) is 0 Å². The third kappa shape index (κ3) is 4.94. The number of amides is 1. The first-order valence-corrected chi connectivity index (χ1v) is 1.71. The first-order valence-electron chi connectivity index (χ1n) is 1.71. The van der Waals surface area contributed by atoms with E-state index in [1.165, 1.54) is 0 Å². The minimum atomic E-state index is -0.502. The fourth-order valence-electron chi connectivity index (χ4n) is 0.131. The summed E-state index contributed by atoms with van der Waals surface area (Å²) in [6.45, 7) is 0. The number of primary amides is 1. The van der Waals surface area contributed by atoms with Gasteiger partial charge in [0, 0.05) is 0 Å². The van der Waals surface area contributed by atoms with Gasteiger partial charge in [0.2, 0.25) is 5.91 Å². The molecule has 0 aliphatic rings. The lowest BCUT2D eigenvalue weighted by molar-refractivity contribution is -0.116. The molecule has 4 heteroatoms. The van der Waals surface area contributed by atoms with Crippen LogP contribution in [0.4, 0.5) is 0 Å². The van der Waals surface area contributed by atoms with Crippen molar-refractivity contribution in [2.24, 2.45) is 10.9 Å². The second-order valence-electron chi connectivity index (χ2n) is 0.968. The second kappa shape index (κ2) is 3.14. The second-order valence-corrected chi connectivity index (χ2v) is 0.968. The molecule has 0 heterocycles. The van der Waals surface area contributed by atoms with E-state index in [4.69, 9.17) is 5.21 Å². The largest absolute Gasteiger partial charge is 0.411 e. The maximum Gasteiger partial charge on any atom is 0.222 e. The maximum absolute atomic E-state index is 9.78. The zero-order valence-electron chi connectivity index (χ0n) is 3.66. The predicted octanol–water partition coefficient (Wildman–Crippen LogP) is -0.678. The number of nitrogens with two attached hydrogens (primary N) is 1. The summed E-state index contributed by atoms with van der Waals surface area (Å²) < 4.78 is 0. The number of nitrogens with zero attached hydrogens (tertiary/aromatic N) is 1. The van der Waals surface area contributed by atoms with Crippen molar-refractivity contribution in [1.29, 1.82) is 0 Å². The summed E-state index contributed by atoms with van der Waals surface area (Å²) in [7, 11) is 0. The minimum absolute atomic E-state index is 0.00347. The normalized spacial score (nSPS) is 9.71. The highest BCUT2D eigenvalue weighted by Crippen LogP contribution is 1.65. The molecule has 0 aromatic rings. The molecule has 0 atom stereocenters. The van der Waals surface area contributed by atoms with Crippen molar-refractivity contribution in [3.8, 4) is 0 Å². The van der Waals surface area contributed by atoms with Crippen LogP contribution < -0.4 is 5.73 Å². The van der Waals surface area contributed by atoms with Gasteiger partial charge in [-0.1, -0.05) is 0 Å². The molecule has 40 valence electrons. The average Bonchev–Trinajstić information content (AvgIpc) is 1.61. The maximum atomic E-state index is 9.78. The van der Waals surface area contributed by atoms with Crippen molar-refractivity contribution in [3.05, 3.63) is 0 Å². The van der Waals surface area contributed by atoms with Crippen LogP contribution in [0.1, 0.15) is 6.42 Å². The van der Waals surface area contributed by atoms with Gasteiger partial charge >= 0.3 is 0 Å². The van der Waals surface area contributed by atoms with Gasteiger partial charge < -0.3 is 10.9 Å². The van der Waals surface area contributed by atoms with E-state index in [-0.39, 0.29) is 6.42 Å². The zero-order valence-corrected chi connectivity index (χ0v) is 3.66. The Bertz CT molecular complexity index is 88.9. The lowest BCUT2D eigenvalue weighted by Gasteiger charge is -1.77. The van der Waals surface area contributed by atoms with Gasteiger partial charge in [-0.05, 0) is 0 Å². The molecule has 0 fully saturated rings. The Labute approximate surface area is 40.6 Å². The van der Waals surface area contributed by atoms with E-state index in [1.807, 2.05) is 0 Å². The molecule has 0 aromatic carbocycles. The number of hydrogen-bond donors (Lipinski definition) is 2. The summed E-state index contributed by atoms with van der Waals surface area (Å²) in [5.41, 5.74) is 4.64. The molecule has 1 amide bonds. The minimum Gasteiger partial charge on any atom is -0.411 e. The first kappa shape index (κ1) is 5.94. The molecule has 0 radical (unpaired) electrons. The van der Waals surface area contributed by atoms with Crippen LogP contribution in [0.25, 0.3) is 0 Å². The lowest BCUT2D eigenvalue weighted by Crippen LogP contribution is -2.09. The summed E-state index contributed by atoms with van der Waals surface area (Å²) in [5, 5.41) is 10.2. The standard InChI is InChI=1S/C3H6N2O2/c4-3(6)1-2-5-7/h2,7H,1H2,(H2,4,6). The fraction of sp³-hybridized carbons (Fsp3) is 0.333. The molecule has 0 saturated heterocycles. The Kier molecular flexibility index (Phi) is 2.67. The molecule has 4 nitrogen and oxygen atoms in total. The highest BCUT2D eigenvalue weighted by atomic mass is 16.4. The molecule has 7 heavy (non-hydrogen) atoms. The van der Waals surface area contributed by atoms with Crippen LogP contribution in [-0.2, 0) is 4.79 Å². The van der Waals surface area contributed by atoms with Crippen LogP contribution >= 0.6 is 0 Å². The Morgan fingerprint density at radius 1 is 2.00 bits per heavy atom. The van der Waals surface area contributed by atoms with Crippen LogP contribution in [0.15, 0.2) is 5.16 Å². The predicted molar refractivity (Wildman–Crippen MR) is 24.1 cm³/mol. The van der Waals surface area contributed by atoms with Crippen LogP contribution in [0, 0.1) is 0 Å². The summed E-state index contributed by atoms with van der Waals surface area (Å²) in [6.07, 6.45) is 1.03. The Morgan fingerprint density at radius 3 is 2.71 bits per heavy atom. The molecule has 0 unspecified atom stereocenters. The van der Waals surface area contributed by atoms with Crippen LogP contribution in [0.3, 0.4) is 0 Å². The number of oxime groups is 1. The summed E-state index contributed by atoms with van der Waals surface area (Å²) in [4.78, 5) is 9.78. The summed E-state index contributed by atoms with van der Waals surface area (Å²) in [6, 6.07) is 0. The molecule has 0 aliphatic heterocycles. The van der Waals surface area contributed by atoms with Crippen molar-refractivity contribution in [3.63, 3.8) is 0 Å². The van der Waals surface area contributed by atoms with Gasteiger partial charge in [-0.25, -0.2) is 0 Å². The van der Waals surface area contributed by atoms with E-state index in [0.29, 0.717) is 0 Å². The number of carbonyl (C=O) groups excluding carboxylic acids is 1. The highest BCUT2D eigenvalue weighted by molar-refractivity contribution is 5.88. The van der Waals surface area contributed by atoms with Gasteiger partial charge in [0.1, 0.15) is 0 Å². The number of rotatable bonds is 2. The van der Waals surface area contributed by atoms with Crippen LogP contribution in [0.2, 0.25) is 0 Å². The van der Waals surface area contributed by atoms with Crippen molar-refractivity contribution in [2.45, 2.75) is 6.42 Å². The van der Waals surface area contributed by atoms with E-state index < -0.39 is 5.91 Å². The fourth-order valence-corrected chi connectivity index (χ4v) is 0.131. The Morgan fingerprint density at radius 2 is 2.57 bits per heavy atom. The van der Waals surface area contributed by atoms with Gasteiger partial charge in [-0.2, -0.15) is 0 Å². The Balaban J connectivity index is 3.14. The van der Waals surface area contributed by atoms with E-state index in [0.717, 1.165) is 6.21 Å². The van der Waals surface area contributed by atoms with E-state index in [1.54, 1.807) is 0 Å². The van der Waals surface area contributed by atoms with Gasteiger partial charge in [0.05, 0.1) is 12.6 Å². The molecule has 0 rings (SSSR count). The van der Waals surface area contributed by atoms with Crippen LogP contribution in [0.5, 0.6) is 0 Å². The zero-order chi connectivity index (χ0) is 5.70. The van der Waals surface area contributed by atoms with Crippen molar-refractivity contribution in [2.75, 3.05) is 0 Å². The van der Waals surface area contributed by atoms with Gasteiger partial charge in [-0.3, -0.25) is 4.79 Å². The molecule has 0 aliphatic carbocycles. The van der Waals surface area contributed by atoms with E-state index >= 15 is 0 Å². The van der Waals surface area contributed by atoms with Gasteiger partial charge in [0.25, 0.3) is 0 Å². The van der Waals surface area contributed by atoms with Crippen LogP contribution in [-0.4, -0.2) is 17.3 Å². The van der Waals surface area contributed by atoms with Crippen molar-refractivity contribution < 1.29 is 10.0 Å². The third-order valence-electron chi connectivity index (χ3n) is 0.374. The third-order valence-corrected chi connectivity index (χ3v) is 0.374. The topological polar surface area (TPSA) is 75.7 Å². The lowest BCUT2D eigenvalue weighted by atomic mass is 10.5. The number of carbonyl (C=O) groups is 1. The van der Waals surface area contributed by atoms with E-state index in [9.17, 15) is 4.79 Å².